The van der Waals surface area contributed by atoms with E-state index in [1.807, 2.05) is 0 Å². The van der Waals surface area contributed by atoms with Crippen LogP contribution in [0.4, 0.5) is 13.2 Å². The van der Waals surface area contributed by atoms with Crippen LogP contribution in [0.15, 0.2) is 29.2 Å². The summed E-state index contributed by atoms with van der Waals surface area (Å²) in [4.78, 5) is 0.169. The molecule has 0 radical (unpaired) electrons. The third-order valence-corrected chi connectivity index (χ3v) is 2.56. The zero-order chi connectivity index (χ0) is 11.5. The maximum Gasteiger partial charge on any atom is 0.446 e. The number of thioether (sulfide) groups is 1. The fourth-order valence-electron chi connectivity index (χ4n) is 1.08. The summed E-state index contributed by atoms with van der Waals surface area (Å²) >= 11 is -0.126. The topological polar surface area (TPSA) is 0 Å². The summed E-state index contributed by atoms with van der Waals surface area (Å²) in [6, 6.07) is 6.20. The van der Waals surface area contributed by atoms with Crippen molar-refractivity contribution >= 4 is 11.8 Å². The van der Waals surface area contributed by atoms with E-state index in [1.165, 1.54) is 12.1 Å². The first kappa shape index (κ1) is 12.0. The summed E-state index contributed by atoms with van der Waals surface area (Å²) in [7, 11) is 0. The quantitative estimate of drug-likeness (QED) is 0.546. The number of benzene rings is 1. The second kappa shape index (κ2) is 4.63. The van der Waals surface area contributed by atoms with Crippen LogP contribution in [0.1, 0.15) is 18.4 Å². The van der Waals surface area contributed by atoms with Crippen molar-refractivity contribution in [3.63, 3.8) is 0 Å². The SMILES string of the molecule is C#CC(C)c1cccc(SC(F)(F)F)c1. The van der Waals surface area contributed by atoms with E-state index >= 15 is 0 Å². The van der Waals surface area contributed by atoms with Crippen LogP contribution in [0.25, 0.3) is 0 Å². The summed E-state index contributed by atoms with van der Waals surface area (Å²) in [5.41, 5.74) is -3.52. The molecule has 15 heavy (non-hydrogen) atoms. The Hall–Kier alpha value is -1.08. The van der Waals surface area contributed by atoms with E-state index in [9.17, 15) is 13.2 Å². The molecule has 80 valence electrons. The average molecular weight is 230 g/mol. The Morgan fingerprint density at radius 3 is 2.60 bits per heavy atom. The van der Waals surface area contributed by atoms with E-state index in [2.05, 4.69) is 5.92 Å². The van der Waals surface area contributed by atoms with Crippen molar-refractivity contribution in [2.45, 2.75) is 23.2 Å². The van der Waals surface area contributed by atoms with E-state index in [4.69, 9.17) is 6.42 Å². The zero-order valence-electron chi connectivity index (χ0n) is 8.01. The smallest absolute Gasteiger partial charge is 0.160 e. The maximum atomic E-state index is 12.1. The van der Waals surface area contributed by atoms with Crippen molar-refractivity contribution in [3.05, 3.63) is 29.8 Å². The van der Waals surface area contributed by atoms with Crippen LogP contribution in [-0.4, -0.2) is 5.51 Å². The summed E-state index contributed by atoms with van der Waals surface area (Å²) in [6.45, 7) is 1.78. The second-order valence-corrected chi connectivity index (χ2v) is 4.15. The van der Waals surface area contributed by atoms with Gasteiger partial charge in [0.05, 0.1) is 0 Å². The molecule has 1 unspecified atom stereocenters. The molecular formula is C11H9F3S. The number of halogens is 3. The number of rotatable bonds is 2. The van der Waals surface area contributed by atoms with Gasteiger partial charge < -0.3 is 0 Å². The van der Waals surface area contributed by atoms with Gasteiger partial charge in [0.1, 0.15) is 0 Å². The Morgan fingerprint density at radius 2 is 2.07 bits per heavy atom. The normalized spacial score (nSPS) is 13.3. The van der Waals surface area contributed by atoms with Crippen LogP contribution >= 0.6 is 11.8 Å². The Balaban J connectivity index is 2.89. The first-order valence-electron chi connectivity index (χ1n) is 4.24. The molecule has 0 aliphatic carbocycles. The van der Waals surface area contributed by atoms with Crippen LogP contribution in [-0.2, 0) is 0 Å². The van der Waals surface area contributed by atoms with Gasteiger partial charge in [-0.05, 0) is 36.4 Å². The minimum atomic E-state index is -4.25. The summed E-state index contributed by atoms with van der Waals surface area (Å²) < 4.78 is 36.2. The van der Waals surface area contributed by atoms with Crippen molar-refractivity contribution in [2.24, 2.45) is 0 Å². The third-order valence-electron chi connectivity index (χ3n) is 1.84. The second-order valence-electron chi connectivity index (χ2n) is 3.01. The third kappa shape index (κ3) is 3.88. The molecule has 0 spiro atoms. The lowest BCUT2D eigenvalue weighted by molar-refractivity contribution is -0.0328. The molecule has 0 aromatic heterocycles. The highest BCUT2D eigenvalue weighted by Gasteiger charge is 2.29. The van der Waals surface area contributed by atoms with Gasteiger partial charge in [-0.1, -0.05) is 18.1 Å². The Labute approximate surface area is 90.9 Å². The largest absolute Gasteiger partial charge is 0.446 e. The number of alkyl halides is 3. The molecule has 0 N–H and O–H groups in total. The highest BCUT2D eigenvalue weighted by atomic mass is 32.2. The van der Waals surface area contributed by atoms with E-state index in [0.29, 0.717) is 0 Å². The van der Waals surface area contributed by atoms with Gasteiger partial charge in [-0.15, -0.1) is 6.42 Å². The van der Waals surface area contributed by atoms with Crippen LogP contribution in [0.3, 0.4) is 0 Å². The monoisotopic (exact) mass is 230 g/mol. The first-order chi connectivity index (χ1) is 6.92. The fourth-order valence-corrected chi connectivity index (χ4v) is 1.69. The van der Waals surface area contributed by atoms with Crippen molar-refractivity contribution in [3.8, 4) is 12.3 Å². The van der Waals surface area contributed by atoms with Gasteiger partial charge >= 0.3 is 5.51 Å². The minimum Gasteiger partial charge on any atom is -0.160 e. The van der Waals surface area contributed by atoms with Crippen molar-refractivity contribution in [1.82, 2.24) is 0 Å². The molecule has 0 fully saturated rings. The van der Waals surface area contributed by atoms with Crippen LogP contribution in [0.2, 0.25) is 0 Å². The van der Waals surface area contributed by atoms with Gasteiger partial charge in [0, 0.05) is 10.8 Å². The maximum absolute atomic E-state index is 12.1. The Kier molecular flexibility index (Phi) is 3.70. The summed E-state index contributed by atoms with van der Waals surface area (Å²) in [5.74, 6) is 2.31. The van der Waals surface area contributed by atoms with Gasteiger partial charge in [-0.25, -0.2) is 0 Å². The number of terminal acetylenes is 1. The van der Waals surface area contributed by atoms with Crippen LogP contribution in [0.5, 0.6) is 0 Å². The summed E-state index contributed by atoms with van der Waals surface area (Å²) in [6.07, 6.45) is 5.20. The molecule has 0 nitrogen and oxygen atoms in total. The first-order valence-corrected chi connectivity index (χ1v) is 5.06. The molecule has 0 aliphatic heterocycles. The molecular weight excluding hydrogens is 221 g/mol. The molecule has 0 amide bonds. The average Bonchev–Trinajstić information content (AvgIpc) is 2.14. The van der Waals surface area contributed by atoms with Crippen molar-refractivity contribution < 1.29 is 13.2 Å². The van der Waals surface area contributed by atoms with E-state index in [0.717, 1.165) is 5.56 Å². The highest BCUT2D eigenvalue weighted by Crippen LogP contribution is 2.37. The summed E-state index contributed by atoms with van der Waals surface area (Å²) in [5, 5.41) is 0. The lowest BCUT2D eigenvalue weighted by atomic mass is 10.0. The van der Waals surface area contributed by atoms with Gasteiger partial charge in [0.15, 0.2) is 0 Å². The molecule has 1 aromatic carbocycles. The molecule has 0 aliphatic rings. The van der Waals surface area contributed by atoms with Gasteiger partial charge in [-0.2, -0.15) is 13.2 Å². The van der Waals surface area contributed by atoms with Crippen LogP contribution < -0.4 is 0 Å². The predicted octanol–water partition coefficient (Wildman–Crippen LogP) is 4.04. The fraction of sp³-hybridized carbons (Fsp3) is 0.273. The van der Waals surface area contributed by atoms with Crippen LogP contribution in [0, 0.1) is 12.3 Å². The molecule has 0 heterocycles. The Morgan fingerprint density at radius 1 is 1.40 bits per heavy atom. The van der Waals surface area contributed by atoms with Gasteiger partial charge in [0.2, 0.25) is 0 Å². The molecule has 1 rings (SSSR count). The molecule has 0 bridgehead atoms. The minimum absolute atomic E-state index is 0.126. The molecule has 1 atom stereocenters. The molecule has 4 heteroatoms. The molecule has 1 aromatic rings. The van der Waals surface area contributed by atoms with Crippen molar-refractivity contribution in [2.75, 3.05) is 0 Å². The van der Waals surface area contributed by atoms with Gasteiger partial charge in [0.25, 0.3) is 0 Å². The molecule has 0 saturated heterocycles. The lowest BCUT2D eigenvalue weighted by Crippen LogP contribution is -1.99. The highest BCUT2D eigenvalue weighted by molar-refractivity contribution is 8.00. The van der Waals surface area contributed by atoms with E-state index in [-0.39, 0.29) is 22.6 Å². The van der Waals surface area contributed by atoms with E-state index in [1.54, 1.807) is 19.1 Å². The van der Waals surface area contributed by atoms with Crippen molar-refractivity contribution in [1.29, 1.82) is 0 Å². The predicted molar refractivity (Wildman–Crippen MR) is 55.6 cm³/mol. The number of hydrogen-bond donors (Lipinski definition) is 0. The number of hydrogen-bond acceptors (Lipinski definition) is 1. The standard InChI is InChI=1S/C11H9F3S/c1-3-8(2)9-5-4-6-10(7-9)15-11(12,13)14/h1,4-8H,2H3. The van der Waals surface area contributed by atoms with Gasteiger partial charge in [-0.3, -0.25) is 0 Å². The zero-order valence-corrected chi connectivity index (χ0v) is 8.82. The lowest BCUT2D eigenvalue weighted by Gasteiger charge is -2.08. The molecule has 0 saturated carbocycles. The van der Waals surface area contributed by atoms with E-state index < -0.39 is 5.51 Å². The Bertz CT molecular complexity index is 376.